The second-order valence-electron chi connectivity index (χ2n) is 10.8. The largest absolute Gasteiger partial charge is 0.586 e. The maximum atomic E-state index is 14.2. The highest BCUT2D eigenvalue weighted by atomic mass is 19.4. The summed E-state index contributed by atoms with van der Waals surface area (Å²) in [7, 11) is 0. The quantitative estimate of drug-likeness (QED) is 0.307. The van der Waals surface area contributed by atoms with Crippen LogP contribution in [-0.2, 0) is 22.1 Å². The molecule has 15 heteroatoms. The Bertz CT molecular complexity index is 1540. The van der Waals surface area contributed by atoms with E-state index in [1.165, 1.54) is 24.4 Å². The summed E-state index contributed by atoms with van der Waals surface area (Å²) >= 11 is 0. The number of carboxylic acid groups (broad SMARTS) is 1. The van der Waals surface area contributed by atoms with Crippen LogP contribution >= 0.6 is 0 Å². The van der Waals surface area contributed by atoms with Gasteiger partial charge in [0.05, 0.1) is 23.3 Å². The fourth-order valence-corrected chi connectivity index (χ4v) is 5.89. The highest BCUT2D eigenvalue weighted by molar-refractivity contribution is 5.77. The molecule has 0 spiro atoms. The molecule has 0 aromatic carbocycles. The molecule has 10 nitrogen and oxygen atoms in total. The summed E-state index contributed by atoms with van der Waals surface area (Å²) < 4.78 is 91.3. The Morgan fingerprint density at radius 1 is 1.12 bits per heavy atom. The van der Waals surface area contributed by atoms with Crippen molar-refractivity contribution >= 4 is 5.97 Å². The van der Waals surface area contributed by atoms with Crippen molar-refractivity contribution in [2.75, 3.05) is 0 Å². The number of carbonyl (C=O) groups is 1. The number of pyridine rings is 2. The summed E-state index contributed by atoms with van der Waals surface area (Å²) in [4.78, 5) is 20.5. The zero-order chi connectivity index (χ0) is 30.6. The van der Waals surface area contributed by atoms with Crippen LogP contribution < -0.4 is 14.2 Å². The first kappa shape index (κ1) is 29.1. The Labute approximate surface area is 241 Å². The van der Waals surface area contributed by atoms with Gasteiger partial charge in [-0.25, -0.2) is 14.5 Å². The van der Waals surface area contributed by atoms with Gasteiger partial charge in [-0.1, -0.05) is 6.42 Å². The number of alkyl halides is 5. The maximum Gasteiger partial charge on any atom is 0.586 e. The molecular weight excluding hydrogens is 583 g/mol. The SMILES string of the molecule is C[C@H](Oc1cc(-n2nc(C(F)(F)F)c3c2C(OC2(C(=O)O)CCCCC2)CCC3)ccn1)c1cc2c(cn1)OC(F)(F)O2. The molecule has 2 atom stereocenters. The Morgan fingerprint density at radius 2 is 1.86 bits per heavy atom. The Morgan fingerprint density at radius 3 is 2.58 bits per heavy atom. The summed E-state index contributed by atoms with van der Waals surface area (Å²) in [6, 6.07) is 4.06. The third kappa shape index (κ3) is 5.57. The van der Waals surface area contributed by atoms with Crippen LogP contribution in [0.4, 0.5) is 22.0 Å². The third-order valence-electron chi connectivity index (χ3n) is 7.90. The van der Waals surface area contributed by atoms with Gasteiger partial charge in [0.15, 0.2) is 22.8 Å². The van der Waals surface area contributed by atoms with Crippen molar-refractivity contribution in [3.8, 4) is 23.1 Å². The molecule has 3 aliphatic rings. The van der Waals surface area contributed by atoms with Crippen LogP contribution in [0.5, 0.6) is 17.4 Å². The van der Waals surface area contributed by atoms with Crippen molar-refractivity contribution in [2.45, 2.75) is 88.6 Å². The van der Waals surface area contributed by atoms with E-state index in [1.807, 2.05) is 0 Å². The Balaban J connectivity index is 1.33. The minimum absolute atomic E-state index is 0.00447. The number of aliphatic carboxylic acids is 1. The van der Waals surface area contributed by atoms with Crippen LogP contribution in [0.3, 0.4) is 0 Å². The maximum absolute atomic E-state index is 14.2. The number of rotatable bonds is 7. The van der Waals surface area contributed by atoms with Gasteiger partial charge in [0.25, 0.3) is 0 Å². The van der Waals surface area contributed by atoms with E-state index in [1.54, 1.807) is 6.92 Å². The van der Waals surface area contributed by atoms with Crippen molar-refractivity contribution in [1.82, 2.24) is 19.7 Å². The van der Waals surface area contributed by atoms with E-state index in [2.05, 4.69) is 24.5 Å². The zero-order valence-electron chi connectivity index (χ0n) is 22.9. The minimum atomic E-state index is -4.75. The van der Waals surface area contributed by atoms with Crippen LogP contribution in [0.25, 0.3) is 5.69 Å². The van der Waals surface area contributed by atoms with Gasteiger partial charge < -0.3 is 24.1 Å². The molecule has 1 aliphatic heterocycles. The average Bonchev–Trinajstić information content (AvgIpc) is 3.50. The molecule has 0 amide bonds. The van der Waals surface area contributed by atoms with Gasteiger partial charge in [-0.15, -0.1) is 8.78 Å². The second kappa shape index (κ2) is 10.6. The van der Waals surface area contributed by atoms with Crippen LogP contribution in [0.2, 0.25) is 0 Å². The van der Waals surface area contributed by atoms with E-state index in [0.717, 1.165) is 17.3 Å². The Hall–Kier alpha value is -4.01. The molecule has 1 fully saturated rings. The lowest BCUT2D eigenvalue weighted by Crippen LogP contribution is -2.45. The summed E-state index contributed by atoms with van der Waals surface area (Å²) in [5.41, 5.74) is -2.04. The van der Waals surface area contributed by atoms with Crippen LogP contribution in [0.15, 0.2) is 30.6 Å². The molecule has 2 aliphatic carbocycles. The van der Waals surface area contributed by atoms with Crippen LogP contribution in [-0.4, -0.2) is 42.7 Å². The number of hydrogen-bond acceptors (Lipinski definition) is 8. The van der Waals surface area contributed by atoms with Gasteiger partial charge in [-0.05, 0) is 57.9 Å². The van der Waals surface area contributed by atoms with Crippen molar-refractivity contribution in [1.29, 1.82) is 0 Å². The molecular formula is C28H27F5N4O6. The lowest BCUT2D eigenvalue weighted by Gasteiger charge is -2.38. The summed E-state index contributed by atoms with van der Waals surface area (Å²) in [6.45, 7) is 1.58. The van der Waals surface area contributed by atoms with Gasteiger partial charge in [0, 0.05) is 23.9 Å². The van der Waals surface area contributed by atoms with Crippen LogP contribution in [0.1, 0.15) is 86.7 Å². The smallest absolute Gasteiger partial charge is 0.479 e. The molecule has 1 N–H and O–H groups in total. The van der Waals surface area contributed by atoms with Crippen molar-refractivity contribution in [3.05, 3.63) is 53.2 Å². The first-order valence-corrected chi connectivity index (χ1v) is 13.8. The van der Waals surface area contributed by atoms with Gasteiger partial charge >= 0.3 is 18.4 Å². The van der Waals surface area contributed by atoms with Gasteiger partial charge in [-0.3, -0.25) is 4.98 Å². The number of aromatic nitrogens is 4. The fraction of sp³-hybridized carbons (Fsp3) is 0.500. The Kier molecular flexibility index (Phi) is 7.18. The van der Waals surface area contributed by atoms with Crippen molar-refractivity contribution < 1.29 is 50.8 Å². The molecule has 1 saturated carbocycles. The number of hydrogen-bond donors (Lipinski definition) is 1. The molecule has 43 heavy (non-hydrogen) atoms. The number of nitrogens with zero attached hydrogens (tertiary/aromatic N) is 4. The highest BCUT2D eigenvalue weighted by Crippen LogP contribution is 2.46. The molecule has 1 unspecified atom stereocenters. The molecule has 3 aromatic heterocycles. The van der Waals surface area contributed by atoms with Crippen molar-refractivity contribution in [3.63, 3.8) is 0 Å². The van der Waals surface area contributed by atoms with E-state index in [-0.39, 0.29) is 59.3 Å². The van der Waals surface area contributed by atoms with Crippen molar-refractivity contribution in [2.24, 2.45) is 0 Å². The predicted molar refractivity (Wildman–Crippen MR) is 136 cm³/mol. The van der Waals surface area contributed by atoms with E-state index >= 15 is 0 Å². The fourth-order valence-electron chi connectivity index (χ4n) is 5.89. The van der Waals surface area contributed by atoms with E-state index < -0.39 is 41.9 Å². The van der Waals surface area contributed by atoms with Gasteiger partial charge in [-0.2, -0.15) is 18.3 Å². The summed E-state index contributed by atoms with van der Waals surface area (Å²) in [5, 5.41) is 14.0. The topological polar surface area (TPSA) is 118 Å². The zero-order valence-corrected chi connectivity index (χ0v) is 22.9. The molecule has 230 valence electrons. The molecule has 0 saturated heterocycles. The first-order chi connectivity index (χ1) is 20.4. The highest BCUT2D eigenvalue weighted by Gasteiger charge is 2.47. The normalized spacial score (nSPS) is 21.2. The first-order valence-electron chi connectivity index (χ1n) is 13.8. The number of halogens is 5. The molecule has 0 radical (unpaired) electrons. The van der Waals surface area contributed by atoms with E-state index in [4.69, 9.17) is 9.47 Å². The standard InChI is InChI=1S/C28H27F5N4O6/c1-15(18-13-20-21(14-35-18)43-28(32,33)42-20)40-22-12-16(8-11-34-22)37-23-17(24(36-37)27(29,30)31)6-5-7-19(23)41-26(25(38)39)9-3-2-4-10-26/h8,11-15,19H,2-7,9-10H2,1H3,(H,38,39)/t15-,19?/m0/s1. The van der Waals surface area contributed by atoms with E-state index in [0.29, 0.717) is 25.7 Å². The predicted octanol–water partition coefficient (Wildman–Crippen LogP) is 6.32. The lowest BCUT2D eigenvalue weighted by molar-refractivity contribution is -0.286. The molecule has 4 heterocycles. The molecule has 0 bridgehead atoms. The van der Waals surface area contributed by atoms with Gasteiger partial charge in [0.2, 0.25) is 5.88 Å². The van der Waals surface area contributed by atoms with Crippen LogP contribution in [0, 0.1) is 0 Å². The van der Waals surface area contributed by atoms with Gasteiger partial charge in [0.1, 0.15) is 12.2 Å². The third-order valence-corrected chi connectivity index (χ3v) is 7.90. The summed E-state index contributed by atoms with van der Waals surface area (Å²) in [5.74, 6) is -1.59. The summed E-state index contributed by atoms with van der Waals surface area (Å²) in [6.07, 6.45) is -4.47. The molecule has 6 rings (SSSR count). The lowest BCUT2D eigenvalue weighted by atomic mass is 9.83. The monoisotopic (exact) mass is 610 g/mol. The van der Waals surface area contributed by atoms with E-state index in [9.17, 15) is 31.9 Å². The number of ether oxygens (including phenoxy) is 4. The number of fused-ring (bicyclic) bond motifs is 2. The second-order valence-corrected chi connectivity index (χ2v) is 10.8. The minimum Gasteiger partial charge on any atom is -0.479 e. The average molecular weight is 611 g/mol. The number of carboxylic acids is 1. The molecule has 3 aromatic rings.